The number of alkyl halides is 5. The van der Waals surface area contributed by atoms with Crippen molar-refractivity contribution in [2.24, 2.45) is 0 Å². The third kappa shape index (κ3) is 25.8. The van der Waals surface area contributed by atoms with Gasteiger partial charge in [-0.1, -0.05) is 111 Å². The molecule has 10 aromatic rings. The van der Waals surface area contributed by atoms with Gasteiger partial charge in [-0.25, -0.2) is 0 Å². The number of nitrogens with one attached hydrogen (secondary N) is 5. The number of nitrogens with zero attached hydrogens (tertiary/aromatic N) is 13. The van der Waals surface area contributed by atoms with E-state index >= 15 is 0 Å². The number of ether oxygens (including phenoxy) is 1. The summed E-state index contributed by atoms with van der Waals surface area (Å²) in [6.45, 7) is 18.4. The van der Waals surface area contributed by atoms with Crippen LogP contribution in [0.15, 0.2) is 140 Å². The lowest BCUT2D eigenvalue weighted by Gasteiger charge is -2.21. The molecule has 554 valence electrons. The van der Waals surface area contributed by atoms with Crippen LogP contribution in [0.1, 0.15) is 111 Å². The van der Waals surface area contributed by atoms with Crippen molar-refractivity contribution in [2.75, 3.05) is 87.6 Å². The van der Waals surface area contributed by atoms with Crippen molar-refractivity contribution >= 4 is 34.8 Å². The fraction of sp³-hybridized carbons (Fsp3) is 0.390. The van der Waals surface area contributed by atoms with E-state index in [9.17, 15) is 27.2 Å². The van der Waals surface area contributed by atoms with Crippen LogP contribution in [0.2, 0.25) is 15.1 Å². The molecule has 27 heteroatoms. The minimum atomic E-state index is -4.40. The first-order valence-electron chi connectivity index (χ1n) is 34.7. The molecule has 0 amide bonds. The highest BCUT2D eigenvalue weighted by atomic mass is 35.5. The number of aromatic nitrogens is 10. The van der Waals surface area contributed by atoms with E-state index in [4.69, 9.17) is 40.1 Å². The van der Waals surface area contributed by atoms with Crippen molar-refractivity contribution in [2.45, 2.75) is 112 Å². The molecule has 0 aliphatic carbocycles. The Morgan fingerprint density at radius 1 is 0.490 bits per heavy atom. The molecule has 1 saturated heterocycles. The molecule has 0 bridgehead atoms. The quantitative estimate of drug-likeness (QED) is 0.0288. The number of hydrogen-bond acceptors (Lipinski definition) is 14. The van der Waals surface area contributed by atoms with Crippen molar-refractivity contribution < 1.29 is 26.7 Å². The molecule has 6 heterocycles. The van der Waals surface area contributed by atoms with Gasteiger partial charge >= 0.3 is 12.8 Å². The summed E-state index contributed by atoms with van der Waals surface area (Å²) in [6, 6.07) is 35.1. The molecule has 19 nitrogen and oxygen atoms in total. The molecule has 0 saturated carbocycles. The fourth-order valence-corrected chi connectivity index (χ4v) is 12.8. The number of benzene rings is 5. The molecule has 0 unspecified atom stereocenters. The molecule has 5 N–H and O–H groups in total. The first-order valence-corrected chi connectivity index (χ1v) is 35.8. The lowest BCUT2D eigenvalue weighted by molar-refractivity contribution is -0.137. The van der Waals surface area contributed by atoms with Crippen LogP contribution >= 0.6 is 34.8 Å². The second-order valence-corrected chi connectivity index (χ2v) is 27.0. The van der Waals surface area contributed by atoms with E-state index in [0.717, 1.165) is 171 Å². The number of H-pyrrole nitrogens is 5. The predicted octanol–water partition coefficient (Wildman–Crippen LogP) is 17.6. The summed E-state index contributed by atoms with van der Waals surface area (Å²) in [5, 5.41) is 54.9. The van der Waals surface area contributed by atoms with Crippen molar-refractivity contribution in [3.63, 3.8) is 0 Å². The highest BCUT2D eigenvalue weighted by molar-refractivity contribution is 6.35. The number of nitriles is 2. The average molecular weight is 1490 g/mol. The van der Waals surface area contributed by atoms with E-state index in [1.54, 1.807) is 30.6 Å². The second-order valence-electron chi connectivity index (χ2n) is 25.7. The van der Waals surface area contributed by atoms with Gasteiger partial charge in [0.1, 0.15) is 5.75 Å². The Kier molecular flexibility index (Phi) is 33.5. The zero-order chi connectivity index (χ0) is 75.1. The standard InChI is InChI=1S/C18H23N5.C15H17ClF3N3.C15H19F2N3O.C15H18N4.C14H17Cl2N3/c1-22(10-11-23-8-2-3-9-23)14-17-13-20-21-18(17)16-6-4-15(12-19)5-7-16;1-3-6-22(2)9-10-8-20-21-14(10)12-5-4-11(7-13(12)16)15(17,18)19;1-3-8-20(2)10-14-13(9-18-19-14)11-4-6-12(7-5-11)21-15(16)17;1-3-8-19(2)11-13-10-17-18-15(13)14-7-5-4-6-12(14)9-16;1-3-4-19(2)9-11-8-17-18-14(11)10-5-12(15)7-13(16)6-10/h4-7,13H,2-3,8-11,14H2,1H3,(H,20,21);4-5,7-8H,3,6,9H2,1-2H3,(H,20,21);4-7,9,15H,3,8,10H2,1-2H3,(H,18,19);4-7,10H,3,8,11H2,1-2H3,(H,17,18);5-8H,3-4,9H2,1-2H3,(H,17,18). The molecule has 11 rings (SSSR count). The van der Waals surface area contributed by atoms with Crippen molar-refractivity contribution in [3.05, 3.63) is 200 Å². The van der Waals surface area contributed by atoms with Crippen molar-refractivity contribution in [3.8, 4) is 74.0 Å². The zero-order valence-electron chi connectivity index (χ0n) is 60.5. The van der Waals surface area contributed by atoms with Gasteiger partial charge in [-0.3, -0.25) is 25.5 Å². The van der Waals surface area contributed by atoms with Gasteiger partial charge in [0.05, 0.1) is 93.3 Å². The first kappa shape index (κ1) is 82.5. The van der Waals surface area contributed by atoms with Crippen LogP contribution in [0.4, 0.5) is 22.0 Å². The zero-order valence-corrected chi connectivity index (χ0v) is 62.8. The second kappa shape index (κ2) is 42.2. The van der Waals surface area contributed by atoms with Gasteiger partial charge in [0.2, 0.25) is 0 Å². The molecular weight excluding hydrogens is 1390 g/mol. The largest absolute Gasteiger partial charge is 0.435 e. The number of likely N-dealkylation sites (tertiary alicyclic amines) is 1. The Morgan fingerprint density at radius 3 is 1.42 bits per heavy atom. The lowest BCUT2D eigenvalue weighted by atomic mass is 10.0. The highest BCUT2D eigenvalue weighted by Gasteiger charge is 2.31. The Labute approximate surface area is 622 Å². The monoisotopic (exact) mass is 1490 g/mol. The number of likely N-dealkylation sites (N-methyl/N-ethyl adjacent to an activating group) is 1. The number of halogens is 8. The molecule has 0 radical (unpaired) electrons. The summed E-state index contributed by atoms with van der Waals surface area (Å²) in [7, 11) is 10.4. The topological polar surface area (TPSA) is 220 Å². The molecule has 104 heavy (non-hydrogen) atoms. The maximum absolute atomic E-state index is 12.7. The van der Waals surface area contributed by atoms with Gasteiger partial charge < -0.3 is 34.1 Å². The van der Waals surface area contributed by atoms with Gasteiger partial charge in [-0.2, -0.15) is 58.0 Å². The number of hydrogen-bond donors (Lipinski definition) is 5. The molecule has 1 aliphatic heterocycles. The van der Waals surface area contributed by atoms with E-state index in [0.29, 0.717) is 39.0 Å². The number of rotatable bonds is 28. The van der Waals surface area contributed by atoms with Gasteiger partial charge in [-0.05, 0) is 185 Å². The molecule has 1 fully saturated rings. The molecular formula is C77H94Cl3F5N18O. The van der Waals surface area contributed by atoms with Crippen LogP contribution in [-0.2, 0) is 38.9 Å². The van der Waals surface area contributed by atoms with Gasteiger partial charge in [0.15, 0.2) is 0 Å². The molecule has 0 spiro atoms. The Bertz CT molecular complexity index is 4230. The summed E-state index contributed by atoms with van der Waals surface area (Å²) in [6.07, 6.45) is 11.7. The minimum Gasteiger partial charge on any atom is -0.435 e. The van der Waals surface area contributed by atoms with E-state index in [2.05, 4.69) is 146 Å². The predicted molar refractivity (Wildman–Crippen MR) is 405 cm³/mol. The van der Waals surface area contributed by atoms with Crippen LogP contribution in [0.3, 0.4) is 0 Å². The third-order valence-electron chi connectivity index (χ3n) is 16.9. The lowest BCUT2D eigenvalue weighted by Crippen LogP contribution is -2.31. The summed E-state index contributed by atoms with van der Waals surface area (Å²) in [5.41, 5.74) is 15.0. The van der Waals surface area contributed by atoms with E-state index in [-0.39, 0.29) is 10.8 Å². The maximum atomic E-state index is 12.7. The van der Waals surface area contributed by atoms with Gasteiger partial charge in [0.25, 0.3) is 0 Å². The third-order valence-corrected chi connectivity index (χ3v) is 17.7. The number of aromatic amines is 5. The summed E-state index contributed by atoms with van der Waals surface area (Å²) in [5.74, 6) is 0.155. The highest BCUT2D eigenvalue weighted by Crippen LogP contribution is 2.37. The van der Waals surface area contributed by atoms with Gasteiger partial charge in [-0.15, -0.1) is 0 Å². The molecule has 1 aliphatic rings. The van der Waals surface area contributed by atoms with Crippen LogP contribution in [-0.4, -0.2) is 175 Å². The SMILES string of the molecule is CCCN(C)Cc1[nH]ncc1-c1ccc(OC(F)F)cc1.CCCN(C)Cc1cn[nH]c1-c1cc(Cl)cc(Cl)c1.CCCN(C)Cc1cn[nH]c1-c1ccc(C(F)(F)F)cc1Cl.CCCN(C)Cc1cn[nH]c1-c1ccccc1C#N.CN(CCN1CCCC1)Cc1cn[nH]c1-c1ccc(C#N)cc1. The molecule has 0 atom stereocenters. The maximum Gasteiger partial charge on any atom is 0.416 e. The van der Waals surface area contributed by atoms with E-state index < -0.39 is 18.4 Å². The molecule has 5 aromatic heterocycles. The summed E-state index contributed by atoms with van der Waals surface area (Å²) < 4.78 is 66.7. The summed E-state index contributed by atoms with van der Waals surface area (Å²) in [4.78, 5) is 13.7. The van der Waals surface area contributed by atoms with Crippen LogP contribution < -0.4 is 4.74 Å². The van der Waals surface area contributed by atoms with Crippen molar-refractivity contribution in [1.82, 2.24) is 80.4 Å². The Morgan fingerprint density at radius 2 is 0.942 bits per heavy atom. The van der Waals surface area contributed by atoms with Crippen LogP contribution in [0, 0.1) is 22.7 Å². The minimum absolute atomic E-state index is 0.0541. The van der Waals surface area contributed by atoms with E-state index in [1.807, 2.05) is 93.3 Å². The Hall–Kier alpha value is -8.79. The van der Waals surface area contributed by atoms with E-state index in [1.165, 1.54) is 49.7 Å². The summed E-state index contributed by atoms with van der Waals surface area (Å²) >= 11 is 18.1. The molecule has 5 aromatic carbocycles. The first-order chi connectivity index (χ1) is 50.0. The van der Waals surface area contributed by atoms with Gasteiger partial charge in [0, 0.05) is 100 Å². The fourth-order valence-electron chi connectivity index (χ4n) is 12.0. The van der Waals surface area contributed by atoms with Crippen LogP contribution in [0.5, 0.6) is 5.75 Å². The average Bonchev–Trinajstić information content (AvgIpc) is 1.47. The normalized spacial score (nSPS) is 12.2. The smallest absolute Gasteiger partial charge is 0.416 e. The van der Waals surface area contributed by atoms with Crippen LogP contribution in [0.25, 0.3) is 56.2 Å². The van der Waals surface area contributed by atoms with Crippen molar-refractivity contribution in [1.29, 1.82) is 10.5 Å². The Balaban J connectivity index is 0.000000182.